The van der Waals surface area contributed by atoms with Crippen LogP contribution in [0.5, 0.6) is 0 Å². The smallest absolute Gasteiger partial charge is 0.0705 e. The van der Waals surface area contributed by atoms with Gasteiger partial charge in [-0.15, -0.1) is 0 Å². The van der Waals surface area contributed by atoms with Crippen LogP contribution in [0.1, 0.15) is 51.1 Å². The van der Waals surface area contributed by atoms with E-state index in [1.165, 1.54) is 36.6 Å². The number of pyridine rings is 1. The van der Waals surface area contributed by atoms with E-state index in [9.17, 15) is 0 Å². The topological polar surface area (TPSA) is 24.9 Å². The molecule has 1 N–H and O–H groups in total. The highest BCUT2D eigenvalue weighted by atomic mass is 14.9. The molecule has 1 aliphatic carbocycles. The van der Waals surface area contributed by atoms with Crippen molar-refractivity contribution < 1.29 is 0 Å². The average Bonchev–Trinajstić information content (AvgIpc) is 2.49. The third-order valence-corrected chi connectivity index (χ3v) is 5.29. The lowest BCUT2D eigenvalue weighted by Crippen LogP contribution is -2.37. The summed E-state index contributed by atoms with van der Waals surface area (Å²) in [6.07, 6.45) is 7.27. The van der Waals surface area contributed by atoms with Crippen LogP contribution in [0.15, 0.2) is 36.5 Å². The Bertz CT molecular complexity index is 618. The highest BCUT2D eigenvalue weighted by Gasteiger charge is 2.37. The number of fused-ring (bicyclic) bond motifs is 1. The van der Waals surface area contributed by atoms with Crippen LogP contribution >= 0.6 is 0 Å². The van der Waals surface area contributed by atoms with Gasteiger partial charge in [0.2, 0.25) is 0 Å². The summed E-state index contributed by atoms with van der Waals surface area (Å²) in [6, 6.07) is 11.3. The van der Waals surface area contributed by atoms with E-state index in [1.54, 1.807) is 0 Å². The second kappa shape index (κ2) is 5.76. The van der Waals surface area contributed by atoms with Gasteiger partial charge in [0, 0.05) is 17.6 Å². The Kier molecular flexibility index (Phi) is 3.99. The van der Waals surface area contributed by atoms with Gasteiger partial charge in [-0.05, 0) is 48.9 Å². The van der Waals surface area contributed by atoms with Gasteiger partial charge in [-0.3, -0.25) is 4.98 Å². The minimum absolute atomic E-state index is 0.408. The summed E-state index contributed by atoms with van der Waals surface area (Å²) in [5.41, 5.74) is 2.89. The van der Waals surface area contributed by atoms with Crippen molar-refractivity contribution in [2.45, 2.75) is 45.6 Å². The summed E-state index contributed by atoms with van der Waals surface area (Å²) < 4.78 is 0. The minimum Gasteiger partial charge on any atom is -0.313 e. The first-order valence-electron chi connectivity index (χ1n) is 8.14. The SMILES string of the molecule is CNC(c1ccc2cccnc2c1)C1CCCCC1(C)C. The number of hydrogen-bond donors (Lipinski definition) is 1. The molecule has 21 heavy (non-hydrogen) atoms. The van der Waals surface area contributed by atoms with Crippen LogP contribution in [-0.4, -0.2) is 12.0 Å². The number of nitrogens with one attached hydrogen (secondary N) is 1. The molecule has 2 atom stereocenters. The normalized spacial score (nSPS) is 23.1. The first-order valence-corrected chi connectivity index (χ1v) is 8.14. The van der Waals surface area contributed by atoms with Crippen molar-refractivity contribution in [2.24, 2.45) is 11.3 Å². The molecule has 0 radical (unpaired) electrons. The first-order chi connectivity index (χ1) is 10.1. The van der Waals surface area contributed by atoms with Crippen molar-refractivity contribution in [3.05, 3.63) is 42.1 Å². The Balaban J connectivity index is 1.97. The van der Waals surface area contributed by atoms with Crippen molar-refractivity contribution in [1.82, 2.24) is 10.3 Å². The molecule has 0 amide bonds. The zero-order chi connectivity index (χ0) is 14.9. The van der Waals surface area contributed by atoms with Crippen LogP contribution in [0, 0.1) is 11.3 Å². The molecule has 1 aliphatic rings. The molecule has 1 fully saturated rings. The largest absolute Gasteiger partial charge is 0.313 e. The lowest BCUT2D eigenvalue weighted by Gasteiger charge is -2.43. The molecule has 2 heteroatoms. The van der Waals surface area contributed by atoms with Gasteiger partial charge in [0.1, 0.15) is 0 Å². The summed E-state index contributed by atoms with van der Waals surface area (Å²) in [4.78, 5) is 4.51. The maximum Gasteiger partial charge on any atom is 0.0705 e. The number of aromatic nitrogens is 1. The zero-order valence-electron chi connectivity index (χ0n) is 13.4. The molecule has 1 aromatic heterocycles. The van der Waals surface area contributed by atoms with Crippen LogP contribution < -0.4 is 5.32 Å². The highest BCUT2D eigenvalue weighted by Crippen LogP contribution is 2.46. The first kappa shape index (κ1) is 14.5. The van der Waals surface area contributed by atoms with E-state index in [1.807, 2.05) is 12.3 Å². The van der Waals surface area contributed by atoms with E-state index in [-0.39, 0.29) is 0 Å². The lowest BCUT2D eigenvalue weighted by molar-refractivity contribution is 0.101. The van der Waals surface area contributed by atoms with E-state index < -0.39 is 0 Å². The summed E-state index contributed by atoms with van der Waals surface area (Å²) in [6.45, 7) is 4.86. The standard InChI is InChI=1S/C19H26N2/c1-19(2)11-5-4-8-16(19)18(20-3)15-10-9-14-7-6-12-21-17(14)13-15/h6-7,9-10,12-13,16,18,20H,4-5,8,11H2,1-3H3. The molecule has 3 rings (SSSR count). The summed E-state index contributed by atoms with van der Waals surface area (Å²) in [5, 5.41) is 4.80. The monoisotopic (exact) mass is 282 g/mol. The van der Waals surface area contributed by atoms with Crippen LogP contribution in [-0.2, 0) is 0 Å². The van der Waals surface area contributed by atoms with Crippen LogP contribution in [0.3, 0.4) is 0 Å². The van der Waals surface area contributed by atoms with E-state index in [0.717, 1.165) is 5.52 Å². The van der Waals surface area contributed by atoms with Crippen LogP contribution in [0.2, 0.25) is 0 Å². The molecule has 1 saturated carbocycles. The Hall–Kier alpha value is -1.41. The quantitative estimate of drug-likeness (QED) is 0.881. The molecule has 0 saturated heterocycles. The Morgan fingerprint density at radius 2 is 2.10 bits per heavy atom. The van der Waals surface area contributed by atoms with Gasteiger partial charge >= 0.3 is 0 Å². The third-order valence-electron chi connectivity index (χ3n) is 5.29. The summed E-state index contributed by atoms with van der Waals surface area (Å²) in [5.74, 6) is 0.692. The second-order valence-electron chi connectivity index (χ2n) is 7.06. The molecule has 2 aromatic rings. The van der Waals surface area contributed by atoms with Crippen molar-refractivity contribution in [2.75, 3.05) is 7.05 Å². The molecule has 2 unspecified atom stereocenters. The van der Waals surface area contributed by atoms with Gasteiger partial charge in [0.15, 0.2) is 0 Å². The molecule has 112 valence electrons. The van der Waals surface area contributed by atoms with Gasteiger partial charge in [-0.1, -0.05) is 44.9 Å². The van der Waals surface area contributed by atoms with Crippen LogP contribution in [0.25, 0.3) is 10.9 Å². The predicted molar refractivity (Wildman–Crippen MR) is 89.3 cm³/mol. The second-order valence-corrected chi connectivity index (χ2v) is 7.06. The summed E-state index contributed by atoms with van der Waals surface area (Å²) in [7, 11) is 2.10. The Morgan fingerprint density at radius 1 is 1.24 bits per heavy atom. The van der Waals surface area contributed by atoms with Gasteiger partial charge in [-0.2, -0.15) is 0 Å². The van der Waals surface area contributed by atoms with Crippen molar-refractivity contribution >= 4 is 10.9 Å². The molecule has 0 bridgehead atoms. The number of rotatable bonds is 3. The molecule has 0 spiro atoms. The van der Waals surface area contributed by atoms with Crippen LogP contribution in [0.4, 0.5) is 0 Å². The van der Waals surface area contributed by atoms with E-state index in [4.69, 9.17) is 0 Å². The van der Waals surface area contributed by atoms with Gasteiger partial charge < -0.3 is 5.32 Å². The number of hydrogen-bond acceptors (Lipinski definition) is 2. The Labute approximate surface area is 128 Å². The highest BCUT2D eigenvalue weighted by molar-refractivity contribution is 5.79. The molecule has 1 aromatic carbocycles. The fraction of sp³-hybridized carbons (Fsp3) is 0.526. The summed E-state index contributed by atoms with van der Waals surface area (Å²) >= 11 is 0. The Morgan fingerprint density at radius 3 is 2.86 bits per heavy atom. The maximum absolute atomic E-state index is 4.51. The zero-order valence-corrected chi connectivity index (χ0v) is 13.4. The van der Waals surface area contributed by atoms with E-state index in [0.29, 0.717) is 17.4 Å². The van der Waals surface area contributed by atoms with Gasteiger partial charge in [0.25, 0.3) is 0 Å². The number of benzene rings is 1. The fourth-order valence-electron chi connectivity index (χ4n) is 4.02. The molecular formula is C19H26N2. The fourth-order valence-corrected chi connectivity index (χ4v) is 4.02. The van der Waals surface area contributed by atoms with Gasteiger partial charge in [-0.25, -0.2) is 0 Å². The predicted octanol–water partition coefficient (Wildman–Crippen LogP) is 4.71. The number of nitrogens with zero attached hydrogens (tertiary/aromatic N) is 1. The molecule has 0 aliphatic heterocycles. The maximum atomic E-state index is 4.51. The van der Waals surface area contributed by atoms with Gasteiger partial charge in [0.05, 0.1) is 5.52 Å². The third kappa shape index (κ3) is 2.82. The van der Waals surface area contributed by atoms with Crippen molar-refractivity contribution in [3.63, 3.8) is 0 Å². The minimum atomic E-state index is 0.408. The average molecular weight is 282 g/mol. The van der Waals surface area contributed by atoms with E-state index in [2.05, 4.69) is 55.5 Å². The lowest BCUT2D eigenvalue weighted by atomic mass is 9.65. The van der Waals surface area contributed by atoms with E-state index >= 15 is 0 Å². The molecule has 2 nitrogen and oxygen atoms in total. The molecular weight excluding hydrogens is 256 g/mol. The molecule has 1 heterocycles. The van der Waals surface area contributed by atoms with Crippen molar-refractivity contribution in [3.8, 4) is 0 Å². The van der Waals surface area contributed by atoms with Crippen molar-refractivity contribution in [1.29, 1.82) is 0 Å².